The van der Waals surface area contributed by atoms with Crippen molar-refractivity contribution in [2.75, 3.05) is 13.2 Å². The zero-order valence-corrected chi connectivity index (χ0v) is 57.2. The Morgan fingerprint density at radius 3 is 0.845 bits per heavy atom. The lowest BCUT2D eigenvalue weighted by Crippen LogP contribution is -2.45. The minimum Gasteiger partial charge on any atom is -0.466 e. The Bertz CT molecular complexity index is 1320. The van der Waals surface area contributed by atoms with E-state index >= 15 is 0 Å². The molecule has 0 rings (SSSR count). The van der Waals surface area contributed by atoms with Crippen molar-refractivity contribution in [2.45, 2.75) is 450 Å². The van der Waals surface area contributed by atoms with E-state index in [-0.39, 0.29) is 18.5 Å². The number of esters is 1. The lowest BCUT2D eigenvalue weighted by Gasteiger charge is -2.20. The zero-order chi connectivity index (χ0) is 60.6. The number of amides is 1. The Morgan fingerprint density at radius 2 is 0.560 bits per heavy atom. The van der Waals surface area contributed by atoms with Crippen molar-refractivity contribution in [1.29, 1.82) is 0 Å². The highest BCUT2D eigenvalue weighted by Gasteiger charge is 2.18. The van der Waals surface area contributed by atoms with Gasteiger partial charge in [-0.1, -0.05) is 391 Å². The lowest BCUT2D eigenvalue weighted by atomic mass is 10.0. The summed E-state index contributed by atoms with van der Waals surface area (Å²) in [5.41, 5.74) is 0. The van der Waals surface area contributed by atoms with E-state index in [9.17, 15) is 19.8 Å². The number of nitrogens with one attached hydrogen (secondary N) is 1. The van der Waals surface area contributed by atoms with Crippen LogP contribution >= 0.6 is 0 Å². The van der Waals surface area contributed by atoms with Crippen LogP contribution in [0.5, 0.6) is 0 Å². The summed E-state index contributed by atoms with van der Waals surface area (Å²) < 4.78 is 5.50. The third kappa shape index (κ3) is 69.4. The average Bonchev–Trinajstić information content (AvgIpc) is 3.51. The molecule has 0 saturated heterocycles. The SMILES string of the molecule is CCCCCCCCC/C=C\CCCCCCCC(=O)OCCCCCCCCCCCCCCCCCCCCCCCCCCCCCCCCCCCCCC(=O)NC(CO)C(O)/C=C/CCCCCCCCCCCCCCCC. The number of unbranched alkanes of at least 4 members (excludes halogenated alkanes) is 60. The predicted molar refractivity (Wildman–Crippen MR) is 370 cm³/mol. The first-order chi connectivity index (χ1) is 41.5. The number of carbonyl (C=O) groups excluding carboxylic acids is 2. The summed E-state index contributed by atoms with van der Waals surface area (Å²) in [4.78, 5) is 24.6. The first-order valence-electron chi connectivity index (χ1n) is 38.6. The molecule has 6 nitrogen and oxygen atoms in total. The lowest BCUT2D eigenvalue weighted by molar-refractivity contribution is -0.143. The summed E-state index contributed by atoms with van der Waals surface area (Å²) in [6.45, 7) is 4.94. The van der Waals surface area contributed by atoms with Crippen LogP contribution in [0.4, 0.5) is 0 Å². The maximum Gasteiger partial charge on any atom is 0.305 e. The second-order valence-corrected chi connectivity index (χ2v) is 26.7. The molecular formula is C78H151NO5. The summed E-state index contributed by atoms with van der Waals surface area (Å²) in [7, 11) is 0. The number of hydrogen-bond acceptors (Lipinski definition) is 5. The van der Waals surface area contributed by atoms with Crippen LogP contribution in [0, 0.1) is 0 Å². The molecule has 0 spiro atoms. The molecule has 0 saturated carbocycles. The minimum absolute atomic E-state index is 0.0158. The molecule has 0 aromatic carbocycles. The van der Waals surface area contributed by atoms with E-state index in [0.717, 1.165) is 44.9 Å². The number of allylic oxidation sites excluding steroid dienone is 3. The number of ether oxygens (including phenoxy) is 1. The third-order valence-corrected chi connectivity index (χ3v) is 18.2. The second-order valence-electron chi connectivity index (χ2n) is 26.7. The van der Waals surface area contributed by atoms with Crippen LogP contribution in [0.2, 0.25) is 0 Å². The van der Waals surface area contributed by atoms with Gasteiger partial charge in [0.05, 0.1) is 25.4 Å². The van der Waals surface area contributed by atoms with Crippen LogP contribution in [-0.2, 0) is 14.3 Å². The highest BCUT2D eigenvalue weighted by atomic mass is 16.5. The van der Waals surface area contributed by atoms with Crippen molar-refractivity contribution in [2.24, 2.45) is 0 Å². The summed E-state index contributed by atoms with van der Waals surface area (Å²) in [6.07, 6.45) is 94.4. The molecule has 0 aliphatic heterocycles. The Balaban J connectivity index is 3.31. The molecule has 84 heavy (non-hydrogen) atoms. The quantitative estimate of drug-likeness (QED) is 0.0320. The average molecular weight is 1180 g/mol. The molecule has 0 aliphatic carbocycles. The third-order valence-electron chi connectivity index (χ3n) is 18.2. The summed E-state index contributed by atoms with van der Waals surface area (Å²) in [5, 5.41) is 23.2. The van der Waals surface area contributed by atoms with Gasteiger partial charge in [-0.3, -0.25) is 9.59 Å². The number of aliphatic hydroxyl groups is 2. The normalized spacial score (nSPS) is 12.6. The van der Waals surface area contributed by atoms with Crippen LogP contribution in [0.3, 0.4) is 0 Å². The summed E-state index contributed by atoms with van der Waals surface area (Å²) in [5.74, 6) is -0.0436. The van der Waals surface area contributed by atoms with E-state index in [1.165, 1.54) is 366 Å². The maximum absolute atomic E-state index is 12.5. The molecule has 0 bridgehead atoms. The first-order valence-corrected chi connectivity index (χ1v) is 38.6. The van der Waals surface area contributed by atoms with Crippen molar-refractivity contribution >= 4 is 11.9 Å². The molecule has 0 heterocycles. The Labute approximate surface area is 526 Å². The van der Waals surface area contributed by atoms with E-state index in [2.05, 4.69) is 31.3 Å². The minimum atomic E-state index is -0.840. The van der Waals surface area contributed by atoms with Gasteiger partial charge in [0.2, 0.25) is 5.91 Å². The van der Waals surface area contributed by atoms with Gasteiger partial charge in [0.1, 0.15) is 0 Å². The van der Waals surface area contributed by atoms with Crippen LogP contribution in [-0.4, -0.2) is 47.4 Å². The van der Waals surface area contributed by atoms with E-state index in [4.69, 9.17) is 4.74 Å². The monoisotopic (exact) mass is 1180 g/mol. The smallest absolute Gasteiger partial charge is 0.305 e. The fraction of sp³-hybridized carbons (Fsp3) is 0.923. The van der Waals surface area contributed by atoms with E-state index in [1.807, 2.05) is 6.08 Å². The molecule has 2 unspecified atom stereocenters. The molecule has 0 fully saturated rings. The molecule has 498 valence electrons. The van der Waals surface area contributed by atoms with Crippen molar-refractivity contribution in [3.8, 4) is 0 Å². The van der Waals surface area contributed by atoms with Gasteiger partial charge in [-0.25, -0.2) is 0 Å². The molecule has 3 N–H and O–H groups in total. The summed E-state index contributed by atoms with van der Waals surface area (Å²) in [6, 6.07) is -0.623. The number of aliphatic hydroxyl groups excluding tert-OH is 2. The molecule has 0 aromatic rings. The highest BCUT2D eigenvalue weighted by molar-refractivity contribution is 5.76. The number of rotatable bonds is 73. The first kappa shape index (κ1) is 82.3. The van der Waals surface area contributed by atoms with Crippen molar-refractivity contribution < 1.29 is 24.5 Å². The van der Waals surface area contributed by atoms with Crippen LogP contribution < -0.4 is 5.32 Å². The number of carbonyl (C=O) groups is 2. The fourth-order valence-corrected chi connectivity index (χ4v) is 12.3. The number of hydrogen-bond donors (Lipinski definition) is 3. The Morgan fingerprint density at radius 1 is 0.321 bits per heavy atom. The van der Waals surface area contributed by atoms with E-state index in [0.29, 0.717) is 19.4 Å². The molecule has 0 radical (unpaired) electrons. The van der Waals surface area contributed by atoms with Crippen molar-refractivity contribution in [1.82, 2.24) is 5.32 Å². The molecule has 2 atom stereocenters. The molecule has 0 aliphatic rings. The van der Waals surface area contributed by atoms with E-state index < -0.39 is 12.1 Å². The Hall–Kier alpha value is -1.66. The largest absolute Gasteiger partial charge is 0.466 e. The van der Waals surface area contributed by atoms with Crippen molar-refractivity contribution in [3.63, 3.8) is 0 Å². The molecular weight excluding hydrogens is 1030 g/mol. The molecule has 6 heteroatoms. The standard InChI is InChI=1S/C78H151NO5/c1-3-5-7-9-11-13-15-17-19-42-46-50-54-58-62-66-70-76(81)75(74-80)79-77(82)71-67-63-59-55-51-47-43-40-38-36-34-32-30-28-26-24-22-21-23-25-27-29-31-33-35-37-39-41-45-49-53-57-61-65-69-73-84-78(83)72-68-64-60-56-52-48-44-20-18-16-14-12-10-8-6-4-2/h20,44,66,70,75-76,80-81H,3-19,21-43,45-65,67-69,71-74H2,1-2H3,(H,79,82)/b44-20-,70-66+. The highest BCUT2D eigenvalue weighted by Crippen LogP contribution is 2.20. The van der Waals surface area contributed by atoms with Crippen LogP contribution in [0.1, 0.15) is 438 Å². The topological polar surface area (TPSA) is 95.9 Å². The molecule has 0 aromatic heterocycles. The van der Waals surface area contributed by atoms with Crippen molar-refractivity contribution in [3.05, 3.63) is 24.3 Å². The molecule has 1 amide bonds. The van der Waals surface area contributed by atoms with E-state index in [1.54, 1.807) is 6.08 Å². The van der Waals surface area contributed by atoms with Crippen LogP contribution in [0.15, 0.2) is 24.3 Å². The van der Waals surface area contributed by atoms with Gasteiger partial charge in [0, 0.05) is 12.8 Å². The fourth-order valence-electron chi connectivity index (χ4n) is 12.3. The van der Waals surface area contributed by atoms with Gasteiger partial charge in [-0.05, 0) is 57.8 Å². The Kier molecular flexibility index (Phi) is 72.3. The van der Waals surface area contributed by atoms with Gasteiger partial charge in [-0.15, -0.1) is 0 Å². The van der Waals surface area contributed by atoms with Gasteiger partial charge in [0.15, 0.2) is 0 Å². The van der Waals surface area contributed by atoms with Gasteiger partial charge in [-0.2, -0.15) is 0 Å². The second kappa shape index (κ2) is 73.8. The van der Waals surface area contributed by atoms with Crippen LogP contribution in [0.25, 0.3) is 0 Å². The van der Waals surface area contributed by atoms with Gasteiger partial charge >= 0.3 is 5.97 Å². The zero-order valence-electron chi connectivity index (χ0n) is 57.2. The summed E-state index contributed by atoms with van der Waals surface area (Å²) >= 11 is 0. The maximum atomic E-state index is 12.5. The predicted octanol–water partition coefficient (Wildman–Crippen LogP) is 25.3. The van der Waals surface area contributed by atoms with Gasteiger partial charge in [0.25, 0.3) is 0 Å². The van der Waals surface area contributed by atoms with Gasteiger partial charge < -0.3 is 20.3 Å².